The highest BCUT2D eigenvalue weighted by atomic mass is 32.1. The molecule has 0 fully saturated rings. The molecule has 2 aromatic heterocycles. The van der Waals surface area contributed by atoms with E-state index in [1.807, 2.05) is 0 Å². The Labute approximate surface area is 123 Å². The smallest absolute Gasteiger partial charge is 0.196 e. The van der Waals surface area contributed by atoms with Gasteiger partial charge in [0.1, 0.15) is 5.82 Å². The van der Waals surface area contributed by atoms with E-state index in [1.165, 1.54) is 11.1 Å². The number of nitrogen functional groups attached to an aromatic ring is 1. The van der Waals surface area contributed by atoms with Crippen molar-refractivity contribution >= 4 is 22.1 Å². The molecule has 3 aromatic rings. The van der Waals surface area contributed by atoms with Crippen LogP contribution in [0.3, 0.4) is 0 Å². The number of anilines is 1. The lowest BCUT2D eigenvalue weighted by atomic mass is 9.92. The summed E-state index contributed by atoms with van der Waals surface area (Å²) in [5, 5.41) is 2.12. The van der Waals surface area contributed by atoms with Crippen LogP contribution in [-0.4, -0.2) is 9.38 Å². The molecule has 0 amide bonds. The fraction of sp³-hybridized carbons (Fsp3) is 0.312. The van der Waals surface area contributed by atoms with Gasteiger partial charge in [-0.15, -0.1) is 11.3 Å². The highest BCUT2D eigenvalue weighted by Gasteiger charge is 2.24. The zero-order valence-electron chi connectivity index (χ0n) is 12.3. The number of imidazole rings is 1. The minimum absolute atomic E-state index is 0.0413. The van der Waals surface area contributed by atoms with Gasteiger partial charge in [-0.05, 0) is 12.5 Å². The summed E-state index contributed by atoms with van der Waals surface area (Å²) in [7, 11) is 0. The third-order valence-corrected chi connectivity index (χ3v) is 4.28. The number of benzene rings is 1. The van der Waals surface area contributed by atoms with Crippen LogP contribution in [0.25, 0.3) is 16.2 Å². The summed E-state index contributed by atoms with van der Waals surface area (Å²) in [4.78, 5) is 5.66. The molecule has 2 N–H and O–H groups in total. The van der Waals surface area contributed by atoms with Crippen molar-refractivity contribution in [3.8, 4) is 11.3 Å². The fourth-order valence-corrected chi connectivity index (χ4v) is 3.26. The van der Waals surface area contributed by atoms with Crippen LogP contribution in [0.15, 0.2) is 29.6 Å². The van der Waals surface area contributed by atoms with Gasteiger partial charge in [-0.25, -0.2) is 4.98 Å². The lowest BCUT2D eigenvalue weighted by Gasteiger charge is -2.16. The van der Waals surface area contributed by atoms with Crippen molar-refractivity contribution < 1.29 is 0 Å². The maximum Gasteiger partial charge on any atom is 0.196 e. The number of nitrogens with zero attached hydrogens (tertiary/aromatic N) is 2. The van der Waals surface area contributed by atoms with Crippen molar-refractivity contribution in [1.82, 2.24) is 9.38 Å². The first-order valence-electron chi connectivity index (χ1n) is 6.71. The monoisotopic (exact) mass is 285 g/mol. The average molecular weight is 285 g/mol. The molecule has 0 bridgehead atoms. The molecule has 104 valence electrons. The van der Waals surface area contributed by atoms with Crippen molar-refractivity contribution in [3.63, 3.8) is 0 Å². The van der Waals surface area contributed by atoms with Crippen molar-refractivity contribution in [3.05, 3.63) is 40.9 Å². The Hall–Kier alpha value is -1.81. The Morgan fingerprint density at radius 3 is 2.40 bits per heavy atom. The molecule has 4 heteroatoms. The molecule has 0 aliphatic rings. The van der Waals surface area contributed by atoms with E-state index in [0.717, 1.165) is 22.2 Å². The number of thiazole rings is 1. The van der Waals surface area contributed by atoms with Gasteiger partial charge in [0.25, 0.3) is 0 Å². The zero-order chi connectivity index (χ0) is 14.5. The second kappa shape index (κ2) is 4.35. The Bertz CT molecular complexity index is 757. The molecule has 0 spiro atoms. The summed E-state index contributed by atoms with van der Waals surface area (Å²) in [6.45, 7) is 8.51. The molecule has 0 aliphatic heterocycles. The maximum absolute atomic E-state index is 6.34. The largest absolute Gasteiger partial charge is 0.383 e. The van der Waals surface area contributed by atoms with E-state index in [2.05, 4.69) is 61.7 Å². The minimum Gasteiger partial charge on any atom is -0.383 e. The number of aromatic nitrogens is 2. The summed E-state index contributed by atoms with van der Waals surface area (Å²) in [6, 6.07) is 8.51. The third-order valence-electron chi connectivity index (χ3n) is 3.46. The molecule has 0 unspecified atom stereocenters. The van der Waals surface area contributed by atoms with E-state index < -0.39 is 0 Å². The predicted octanol–water partition coefficient (Wildman–Crippen LogP) is 4.25. The van der Waals surface area contributed by atoms with Gasteiger partial charge in [0.05, 0.1) is 11.4 Å². The average Bonchev–Trinajstić information content (AvgIpc) is 2.91. The number of aryl methyl sites for hydroxylation is 1. The molecule has 0 saturated carbocycles. The topological polar surface area (TPSA) is 43.3 Å². The number of fused-ring (bicyclic) bond motifs is 1. The second-order valence-corrected chi connectivity index (χ2v) is 7.04. The van der Waals surface area contributed by atoms with Crippen LogP contribution in [0.5, 0.6) is 0 Å². The van der Waals surface area contributed by atoms with Crippen LogP contribution < -0.4 is 5.73 Å². The van der Waals surface area contributed by atoms with Crippen molar-refractivity contribution in [2.75, 3.05) is 5.73 Å². The molecule has 0 saturated heterocycles. The van der Waals surface area contributed by atoms with Gasteiger partial charge in [-0.3, -0.25) is 4.40 Å². The Balaban J connectivity index is 2.23. The second-order valence-electron chi connectivity index (χ2n) is 6.20. The van der Waals surface area contributed by atoms with E-state index >= 15 is 0 Å². The molecule has 3 nitrogen and oxygen atoms in total. The Morgan fingerprint density at radius 1 is 1.15 bits per heavy atom. The lowest BCUT2D eigenvalue weighted by molar-refractivity contribution is 0.576. The molecule has 1 aromatic carbocycles. The SMILES string of the molecule is Cc1ccc(-c2csc3nc(C(C)(C)C)c(N)n23)cc1. The quantitative estimate of drug-likeness (QED) is 0.726. The van der Waals surface area contributed by atoms with E-state index in [-0.39, 0.29) is 5.41 Å². The fourth-order valence-electron chi connectivity index (χ4n) is 2.36. The maximum atomic E-state index is 6.34. The number of nitrogens with two attached hydrogens (primary N) is 1. The van der Waals surface area contributed by atoms with E-state index in [9.17, 15) is 0 Å². The highest BCUT2D eigenvalue weighted by Crippen LogP contribution is 2.34. The van der Waals surface area contributed by atoms with Crippen LogP contribution in [0.1, 0.15) is 32.0 Å². The lowest BCUT2D eigenvalue weighted by Crippen LogP contribution is -2.14. The third kappa shape index (κ3) is 2.00. The Morgan fingerprint density at radius 2 is 1.80 bits per heavy atom. The minimum atomic E-state index is -0.0413. The summed E-state index contributed by atoms with van der Waals surface area (Å²) in [5.74, 6) is 0.754. The van der Waals surface area contributed by atoms with Crippen molar-refractivity contribution in [1.29, 1.82) is 0 Å². The summed E-state index contributed by atoms with van der Waals surface area (Å²) in [6.07, 6.45) is 0. The molecule has 0 radical (unpaired) electrons. The van der Waals surface area contributed by atoms with E-state index in [4.69, 9.17) is 10.7 Å². The van der Waals surface area contributed by atoms with Gasteiger partial charge in [0.2, 0.25) is 0 Å². The standard InChI is InChI=1S/C16H19N3S/c1-10-5-7-11(8-6-10)12-9-20-15-18-13(16(2,3)4)14(17)19(12)15/h5-9H,17H2,1-4H3. The number of hydrogen-bond donors (Lipinski definition) is 1. The normalized spacial score (nSPS) is 12.2. The number of hydrogen-bond acceptors (Lipinski definition) is 3. The molecule has 20 heavy (non-hydrogen) atoms. The van der Waals surface area contributed by atoms with Gasteiger partial charge in [-0.2, -0.15) is 0 Å². The first-order chi connectivity index (χ1) is 9.38. The summed E-state index contributed by atoms with van der Waals surface area (Å²) < 4.78 is 2.07. The van der Waals surface area contributed by atoms with Crippen molar-refractivity contribution in [2.45, 2.75) is 33.1 Å². The van der Waals surface area contributed by atoms with Gasteiger partial charge < -0.3 is 5.73 Å². The van der Waals surface area contributed by atoms with Crippen LogP contribution in [0.2, 0.25) is 0 Å². The van der Waals surface area contributed by atoms with Crippen molar-refractivity contribution in [2.24, 2.45) is 0 Å². The molecule has 0 atom stereocenters. The van der Waals surface area contributed by atoms with Crippen LogP contribution in [0, 0.1) is 6.92 Å². The van der Waals surface area contributed by atoms with Gasteiger partial charge in [0.15, 0.2) is 4.96 Å². The van der Waals surface area contributed by atoms with Gasteiger partial charge in [-0.1, -0.05) is 50.6 Å². The molecule has 3 rings (SSSR count). The van der Waals surface area contributed by atoms with E-state index in [1.54, 1.807) is 11.3 Å². The Kier molecular flexibility index (Phi) is 2.87. The summed E-state index contributed by atoms with van der Waals surface area (Å²) >= 11 is 1.64. The van der Waals surface area contributed by atoms with Crippen LogP contribution in [0.4, 0.5) is 5.82 Å². The molecular formula is C16H19N3S. The molecule has 0 aliphatic carbocycles. The molecular weight excluding hydrogens is 266 g/mol. The first-order valence-corrected chi connectivity index (χ1v) is 7.59. The molecule has 2 heterocycles. The van der Waals surface area contributed by atoms with Crippen LogP contribution >= 0.6 is 11.3 Å². The first kappa shape index (κ1) is 13.2. The van der Waals surface area contributed by atoms with Crippen LogP contribution in [-0.2, 0) is 5.41 Å². The zero-order valence-corrected chi connectivity index (χ0v) is 13.1. The number of rotatable bonds is 1. The van der Waals surface area contributed by atoms with Gasteiger partial charge >= 0.3 is 0 Å². The summed E-state index contributed by atoms with van der Waals surface area (Å²) in [5.41, 5.74) is 10.8. The van der Waals surface area contributed by atoms with E-state index in [0.29, 0.717) is 0 Å². The highest BCUT2D eigenvalue weighted by molar-refractivity contribution is 7.15. The predicted molar refractivity (Wildman–Crippen MR) is 86.4 cm³/mol. The van der Waals surface area contributed by atoms with Gasteiger partial charge in [0, 0.05) is 10.8 Å².